The van der Waals surface area contributed by atoms with Crippen molar-refractivity contribution in [3.8, 4) is 5.75 Å². The molecule has 0 aliphatic heterocycles. The van der Waals surface area contributed by atoms with E-state index < -0.39 is 5.91 Å². The van der Waals surface area contributed by atoms with Crippen molar-refractivity contribution in [3.05, 3.63) is 80.3 Å². The fraction of sp³-hybridized carbons (Fsp3) is 0.174. The van der Waals surface area contributed by atoms with E-state index in [1.165, 1.54) is 12.1 Å². The van der Waals surface area contributed by atoms with Crippen LogP contribution in [0.15, 0.2) is 58.0 Å². The number of fused-ring (bicyclic) bond motifs is 1. The Kier molecular flexibility index (Phi) is 6.08. The first kappa shape index (κ1) is 21.1. The first-order valence-corrected chi connectivity index (χ1v) is 10.9. The van der Waals surface area contributed by atoms with Crippen molar-refractivity contribution in [2.45, 2.75) is 26.2 Å². The third-order valence-electron chi connectivity index (χ3n) is 5.08. The number of aryl methyl sites for hydroxylation is 1. The van der Waals surface area contributed by atoms with Crippen LogP contribution in [0.25, 0.3) is 0 Å². The molecule has 0 saturated heterocycles. The zero-order valence-electron chi connectivity index (χ0n) is 16.7. The number of anilines is 1. The van der Waals surface area contributed by atoms with E-state index in [0.29, 0.717) is 35.6 Å². The lowest BCUT2D eigenvalue weighted by atomic mass is 9.93. The Hall–Kier alpha value is -3.14. The van der Waals surface area contributed by atoms with Crippen molar-refractivity contribution in [1.82, 2.24) is 5.43 Å². The summed E-state index contributed by atoms with van der Waals surface area (Å²) in [6.07, 6.45) is 2.13. The second-order valence-corrected chi connectivity index (χ2v) is 8.43. The molecule has 0 saturated carbocycles. The second-order valence-electron chi connectivity index (χ2n) is 7.19. The number of hydrogen-bond acceptors (Lipinski definition) is 5. The maximum absolute atomic E-state index is 12.8. The molecule has 1 aliphatic carbocycles. The van der Waals surface area contributed by atoms with Crippen molar-refractivity contribution in [1.29, 1.82) is 0 Å². The van der Waals surface area contributed by atoms with Gasteiger partial charge in [0.05, 0.1) is 11.3 Å². The lowest BCUT2D eigenvalue weighted by molar-refractivity contribution is 0.0950. The molecule has 1 aromatic heterocycles. The van der Waals surface area contributed by atoms with Gasteiger partial charge in [-0.25, -0.2) is 5.43 Å². The molecule has 0 fully saturated rings. The van der Waals surface area contributed by atoms with Crippen LogP contribution >= 0.6 is 22.6 Å². The molecule has 1 aliphatic rings. The predicted octanol–water partition coefficient (Wildman–Crippen LogP) is 4.62. The summed E-state index contributed by atoms with van der Waals surface area (Å²) in [5, 5.41) is 17.0. The van der Waals surface area contributed by atoms with Crippen LogP contribution in [-0.4, -0.2) is 22.6 Å². The molecular formula is C23H20IN3O4. The fourth-order valence-corrected chi connectivity index (χ4v) is 3.92. The lowest BCUT2D eigenvalue weighted by Crippen LogP contribution is -2.22. The van der Waals surface area contributed by atoms with Crippen LogP contribution < -0.4 is 10.7 Å². The summed E-state index contributed by atoms with van der Waals surface area (Å²) in [6, 6.07) is 13.8. The van der Waals surface area contributed by atoms with Gasteiger partial charge in [0, 0.05) is 26.8 Å². The molecule has 1 heterocycles. The van der Waals surface area contributed by atoms with Crippen LogP contribution in [0, 0.1) is 10.5 Å². The van der Waals surface area contributed by atoms with E-state index in [-0.39, 0.29) is 23.0 Å². The standard InChI is InChI=1S/C23H20IN3O4/c1-13-20-17(26-27-22(29)16-5-2-3-7-18(16)28)6-4-8-19(20)31-21(13)23(30)25-15-11-9-14(24)10-12-15/h2-3,5,7,9-12,28H,4,6,8H2,1H3,(H,25,30)(H,27,29)/b26-17+. The molecule has 2 amide bonds. The molecule has 31 heavy (non-hydrogen) atoms. The van der Waals surface area contributed by atoms with Crippen LogP contribution in [0.3, 0.4) is 0 Å². The Morgan fingerprint density at radius 1 is 1.06 bits per heavy atom. The largest absolute Gasteiger partial charge is 0.507 e. The number of phenolic OH excluding ortho intramolecular Hbond substituents is 1. The third kappa shape index (κ3) is 4.48. The normalized spacial score (nSPS) is 14.2. The number of nitrogens with zero attached hydrogens (tertiary/aromatic N) is 1. The summed E-state index contributed by atoms with van der Waals surface area (Å²) in [4.78, 5) is 25.2. The molecule has 158 valence electrons. The number of amides is 2. The van der Waals surface area contributed by atoms with Gasteiger partial charge < -0.3 is 14.8 Å². The Bertz CT molecular complexity index is 1180. The van der Waals surface area contributed by atoms with Crippen LogP contribution in [0.1, 0.15) is 50.6 Å². The molecule has 0 radical (unpaired) electrons. The van der Waals surface area contributed by atoms with Crippen LogP contribution in [0.5, 0.6) is 5.75 Å². The van der Waals surface area contributed by atoms with E-state index in [2.05, 4.69) is 38.4 Å². The molecule has 3 N–H and O–H groups in total. The highest BCUT2D eigenvalue weighted by molar-refractivity contribution is 14.1. The number of para-hydroxylation sites is 1. The number of hydrazone groups is 1. The topological polar surface area (TPSA) is 104 Å². The zero-order chi connectivity index (χ0) is 22.0. The average molecular weight is 529 g/mol. The van der Waals surface area contributed by atoms with Gasteiger partial charge in [0.15, 0.2) is 5.76 Å². The van der Waals surface area contributed by atoms with Crippen LogP contribution in [0.4, 0.5) is 5.69 Å². The SMILES string of the molecule is Cc1c(C(=O)Nc2ccc(I)cc2)oc2c1/C(=N/NC(=O)c1ccccc1O)CCC2. The number of benzene rings is 2. The summed E-state index contributed by atoms with van der Waals surface area (Å²) in [7, 11) is 0. The van der Waals surface area contributed by atoms with E-state index in [9.17, 15) is 14.7 Å². The van der Waals surface area contributed by atoms with E-state index in [1.807, 2.05) is 31.2 Å². The fourth-order valence-electron chi connectivity index (χ4n) is 3.56. The molecule has 0 unspecified atom stereocenters. The predicted molar refractivity (Wildman–Crippen MR) is 126 cm³/mol. The van der Waals surface area contributed by atoms with Crippen molar-refractivity contribution >= 4 is 45.8 Å². The van der Waals surface area contributed by atoms with Gasteiger partial charge in [0.1, 0.15) is 11.5 Å². The highest BCUT2D eigenvalue weighted by Crippen LogP contribution is 2.30. The molecular weight excluding hydrogens is 509 g/mol. The quantitative estimate of drug-likeness (QED) is 0.339. The van der Waals surface area contributed by atoms with E-state index in [1.54, 1.807) is 12.1 Å². The van der Waals surface area contributed by atoms with Crippen molar-refractivity contribution in [3.63, 3.8) is 0 Å². The minimum Gasteiger partial charge on any atom is -0.507 e. The number of rotatable bonds is 4. The Morgan fingerprint density at radius 2 is 1.81 bits per heavy atom. The summed E-state index contributed by atoms with van der Waals surface area (Å²) < 4.78 is 6.96. The highest BCUT2D eigenvalue weighted by atomic mass is 127. The van der Waals surface area contributed by atoms with Gasteiger partial charge in [0.25, 0.3) is 11.8 Å². The molecule has 8 heteroatoms. The summed E-state index contributed by atoms with van der Waals surface area (Å²) in [5.41, 5.74) is 5.43. The van der Waals surface area contributed by atoms with E-state index >= 15 is 0 Å². The Labute approximate surface area is 192 Å². The number of hydrogen-bond donors (Lipinski definition) is 3. The number of furan rings is 1. The molecule has 0 bridgehead atoms. The van der Waals surface area contributed by atoms with Crippen molar-refractivity contribution in [2.75, 3.05) is 5.32 Å². The summed E-state index contributed by atoms with van der Waals surface area (Å²) in [5.74, 6) is -0.0166. The maximum Gasteiger partial charge on any atom is 0.291 e. The average Bonchev–Trinajstić information content (AvgIpc) is 3.11. The van der Waals surface area contributed by atoms with Gasteiger partial charge in [-0.05, 0) is 78.8 Å². The lowest BCUT2D eigenvalue weighted by Gasteiger charge is -2.13. The molecule has 2 aromatic carbocycles. The van der Waals surface area contributed by atoms with E-state index in [0.717, 1.165) is 15.6 Å². The van der Waals surface area contributed by atoms with Gasteiger partial charge in [-0.3, -0.25) is 9.59 Å². The highest BCUT2D eigenvalue weighted by Gasteiger charge is 2.28. The third-order valence-corrected chi connectivity index (χ3v) is 5.79. The molecule has 0 atom stereocenters. The molecule has 0 spiro atoms. The van der Waals surface area contributed by atoms with E-state index in [4.69, 9.17) is 4.42 Å². The van der Waals surface area contributed by atoms with Gasteiger partial charge in [-0.1, -0.05) is 12.1 Å². The molecule has 4 rings (SSSR count). The Morgan fingerprint density at radius 3 is 2.55 bits per heavy atom. The smallest absolute Gasteiger partial charge is 0.291 e. The monoisotopic (exact) mass is 529 g/mol. The summed E-state index contributed by atoms with van der Waals surface area (Å²) in [6.45, 7) is 1.82. The van der Waals surface area contributed by atoms with Gasteiger partial charge >= 0.3 is 0 Å². The number of carbonyl (C=O) groups is 2. The number of aromatic hydroxyl groups is 1. The number of carbonyl (C=O) groups excluding carboxylic acids is 2. The summed E-state index contributed by atoms with van der Waals surface area (Å²) >= 11 is 2.20. The minimum absolute atomic E-state index is 0.112. The Balaban J connectivity index is 1.57. The molecule has 3 aromatic rings. The number of phenols is 1. The number of halogens is 1. The van der Waals surface area contributed by atoms with Gasteiger partial charge in [0.2, 0.25) is 0 Å². The maximum atomic E-state index is 12.8. The first-order valence-electron chi connectivity index (χ1n) is 9.78. The number of nitrogens with one attached hydrogen (secondary N) is 2. The minimum atomic E-state index is -0.504. The molecule has 7 nitrogen and oxygen atoms in total. The first-order chi connectivity index (χ1) is 14.9. The van der Waals surface area contributed by atoms with Crippen LogP contribution in [-0.2, 0) is 6.42 Å². The zero-order valence-corrected chi connectivity index (χ0v) is 18.9. The van der Waals surface area contributed by atoms with Crippen LogP contribution in [0.2, 0.25) is 0 Å². The second kappa shape index (κ2) is 8.93. The van der Waals surface area contributed by atoms with Crippen molar-refractivity contribution in [2.24, 2.45) is 5.10 Å². The van der Waals surface area contributed by atoms with Gasteiger partial charge in [-0.2, -0.15) is 5.10 Å². The van der Waals surface area contributed by atoms with Crippen molar-refractivity contribution < 1.29 is 19.1 Å². The van der Waals surface area contributed by atoms with Gasteiger partial charge in [-0.15, -0.1) is 0 Å².